The summed E-state index contributed by atoms with van der Waals surface area (Å²) in [5.41, 5.74) is -0.210. The molecule has 2 aromatic rings. The molecule has 0 saturated heterocycles. The number of hydrogen-bond donors (Lipinski definition) is 3. The summed E-state index contributed by atoms with van der Waals surface area (Å²) < 4.78 is 29.0. The number of nitrogens with one attached hydrogen (secondary N) is 2. The van der Waals surface area contributed by atoms with Gasteiger partial charge in [-0.25, -0.2) is 18.7 Å². The molecule has 2 unspecified atom stereocenters. The molecule has 0 saturated carbocycles. The molecule has 0 amide bonds. The minimum atomic E-state index is -3.20. The SMILES string of the molecule is COc1ccc(C(C)NS(=N)(=O)c2cnc(C(C)(C)O)s2)cc1. The van der Waals surface area contributed by atoms with Gasteiger partial charge in [-0.1, -0.05) is 12.1 Å². The highest BCUT2D eigenvalue weighted by Gasteiger charge is 2.24. The Morgan fingerprint density at radius 1 is 1.39 bits per heavy atom. The summed E-state index contributed by atoms with van der Waals surface area (Å²) in [5, 5.41) is 10.4. The molecule has 0 bridgehead atoms. The van der Waals surface area contributed by atoms with Crippen molar-refractivity contribution in [2.75, 3.05) is 7.11 Å². The molecule has 0 aliphatic rings. The molecule has 3 N–H and O–H groups in total. The van der Waals surface area contributed by atoms with Crippen LogP contribution in [0.15, 0.2) is 34.7 Å². The maximum absolute atomic E-state index is 12.7. The highest BCUT2D eigenvalue weighted by molar-refractivity contribution is 7.92. The van der Waals surface area contributed by atoms with Crippen molar-refractivity contribution >= 4 is 21.3 Å². The largest absolute Gasteiger partial charge is 0.497 e. The van der Waals surface area contributed by atoms with Crippen molar-refractivity contribution in [2.45, 2.75) is 36.6 Å². The molecule has 2 atom stereocenters. The molecular weight excluding hydrogens is 334 g/mol. The molecule has 0 radical (unpaired) electrons. The Kier molecular flexibility index (Phi) is 5.10. The number of aliphatic hydroxyl groups is 1. The first-order chi connectivity index (χ1) is 10.6. The summed E-state index contributed by atoms with van der Waals surface area (Å²) in [6.07, 6.45) is 1.39. The van der Waals surface area contributed by atoms with E-state index in [1.165, 1.54) is 6.20 Å². The van der Waals surface area contributed by atoms with Crippen LogP contribution in [0.5, 0.6) is 5.75 Å². The van der Waals surface area contributed by atoms with E-state index in [9.17, 15) is 9.32 Å². The highest BCUT2D eigenvalue weighted by atomic mass is 32.2. The zero-order chi connectivity index (χ0) is 17.3. The van der Waals surface area contributed by atoms with Crippen LogP contribution in [0.1, 0.15) is 37.4 Å². The number of hydrogen-bond acceptors (Lipinski definition) is 6. The fraction of sp³-hybridized carbons (Fsp3) is 0.400. The zero-order valence-corrected chi connectivity index (χ0v) is 15.1. The second-order valence-electron chi connectivity index (χ2n) is 5.71. The first-order valence-electron chi connectivity index (χ1n) is 7.02. The van der Waals surface area contributed by atoms with E-state index < -0.39 is 15.5 Å². The minimum Gasteiger partial charge on any atom is -0.497 e. The molecule has 23 heavy (non-hydrogen) atoms. The van der Waals surface area contributed by atoms with Gasteiger partial charge in [0.2, 0.25) is 0 Å². The van der Waals surface area contributed by atoms with Crippen LogP contribution in [0.3, 0.4) is 0 Å². The van der Waals surface area contributed by atoms with Crippen molar-refractivity contribution in [1.29, 1.82) is 4.78 Å². The van der Waals surface area contributed by atoms with E-state index in [1.54, 1.807) is 21.0 Å². The van der Waals surface area contributed by atoms with Crippen LogP contribution in [0.2, 0.25) is 0 Å². The Labute approximate surface area is 140 Å². The number of benzene rings is 1. The summed E-state index contributed by atoms with van der Waals surface area (Å²) in [6, 6.07) is 7.08. The van der Waals surface area contributed by atoms with Gasteiger partial charge in [0, 0.05) is 6.04 Å². The Hall–Kier alpha value is -1.48. The van der Waals surface area contributed by atoms with Crippen molar-refractivity contribution in [3.8, 4) is 5.75 Å². The Balaban J connectivity index is 2.18. The van der Waals surface area contributed by atoms with Crippen molar-refractivity contribution in [3.05, 3.63) is 41.0 Å². The van der Waals surface area contributed by atoms with E-state index in [1.807, 2.05) is 31.2 Å². The maximum atomic E-state index is 12.7. The highest BCUT2D eigenvalue weighted by Crippen LogP contribution is 2.29. The van der Waals surface area contributed by atoms with Crippen LogP contribution in [0.25, 0.3) is 0 Å². The van der Waals surface area contributed by atoms with Gasteiger partial charge in [0.1, 0.15) is 30.5 Å². The minimum absolute atomic E-state index is 0.279. The van der Waals surface area contributed by atoms with E-state index >= 15 is 0 Å². The molecule has 1 heterocycles. The van der Waals surface area contributed by atoms with Gasteiger partial charge in [-0.15, -0.1) is 11.3 Å². The van der Waals surface area contributed by atoms with Gasteiger partial charge in [0.05, 0.1) is 13.3 Å². The van der Waals surface area contributed by atoms with E-state index in [4.69, 9.17) is 9.52 Å². The number of ether oxygens (including phenoxy) is 1. The first kappa shape index (κ1) is 17.9. The normalized spacial score (nSPS) is 15.9. The molecule has 0 aliphatic heterocycles. The topological polar surface area (TPSA) is 95.3 Å². The van der Waals surface area contributed by atoms with E-state index in [2.05, 4.69) is 9.71 Å². The van der Waals surface area contributed by atoms with Crippen molar-refractivity contribution in [1.82, 2.24) is 9.71 Å². The van der Waals surface area contributed by atoms with Gasteiger partial charge in [-0.2, -0.15) is 0 Å². The molecule has 1 aromatic carbocycles. The molecule has 0 spiro atoms. The average Bonchev–Trinajstić information content (AvgIpc) is 2.97. The summed E-state index contributed by atoms with van der Waals surface area (Å²) >= 11 is 1.08. The molecule has 6 nitrogen and oxygen atoms in total. The second kappa shape index (κ2) is 6.56. The third-order valence-electron chi connectivity index (χ3n) is 3.25. The molecular formula is C15H21N3O3S2. The van der Waals surface area contributed by atoms with E-state index in [0.29, 0.717) is 9.22 Å². The van der Waals surface area contributed by atoms with E-state index in [0.717, 1.165) is 22.6 Å². The third kappa shape index (κ3) is 4.29. The summed E-state index contributed by atoms with van der Waals surface area (Å²) in [6.45, 7) is 5.05. The van der Waals surface area contributed by atoms with Crippen molar-refractivity contribution in [2.24, 2.45) is 0 Å². The second-order valence-corrected chi connectivity index (χ2v) is 8.79. The molecule has 1 aromatic heterocycles. The van der Waals surface area contributed by atoms with Crippen LogP contribution in [-0.2, 0) is 15.5 Å². The lowest BCUT2D eigenvalue weighted by Crippen LogP contribution is -2.25. The molecule has 0 aliphatic carbocycles. The van der Waals surface area contributed by atoms with E-state index in [-0.39, 0.29) is 6.04 Å². The summed E-state index contributed by atoms with van der Waals surface area (Å²) in [7, 11) is -1.60. The Morgan fingerprint density at radius 2 is 2.00 bits per heavy atom. The van der Waals surface area contributed by atoms with Crippen molar-refractivity contribution in [3.63, 3.8) is 0 Å². The van der Waals surface area contributed by atoms with Gasteiger partial charge >= 0.3 is 0 Å². The molecule has 8 heteroatoms. The standard InChI is InChI=1S/C15H21N3O3S2/c1-10(11-5-7-12(21-4)8-6-11)18-23(16,20)13-9-17-14(22-13)15(2,3)19/h5-10,19H,1-4H3,(H2,16,18,20). The molecule has 0 fully saturated rings. The smallest absolute Gasteiger partial charge is 0.146 e. The van der Waals surface area contributed by atoms with Gasteiger partial charge in [0.15, 0.2) is 0 Å². The predicted molar refractivity (Wildman–Crippen MR) is 91.0 cm³/mol. The lowest BCUT2D eigenvalue weighted by molar-refractivity contribution is 0.0783. The first-order valence-corrected chi connectivity index (χ1v) is 9.39. The fourth-order valence-corrected chi connectivity index (χ4v) is 4.40. The van der Waals surface area contributed by atoms with Crippen molar-refractivity contribution < 1.29 is 14.1 Å². The zero-order valence-electron chi connectivity index (χ0n) is 13.5. The Morgan fingerprint density at radius 3 is 2.48 bits per heavy atom. The number of nitrogens with zero attached hydrogens (tertiary/aromatic N) is 1. The van der Waals surface area contributed by atoms with Crippen LogP contribution in [-0.4, -0.2) is 21.4 Å². The fourth-order valence-electron chi connectivity index (χ4n) is 1.94. The van der Waals surface area contributed by atoms with Crippen LogP contribution in [0.4, 0.5) is 0 Å². The van der Waals surface area contributed by atoms with Gasteiger partial charge < -0.3 is 9.84 Å². The average molecular weight is 355 g/mol. The van der Waals surface area contributed by atoms with Gasteiger partial charge in [0.25, 0.3) is 0 Å². The number of rotatable bonds is 6. The van der Waals surface area contributed by atoms with Gasteiger partial charge in [-0.3, -0.25) is 0 Å². The monoisotopic (exact) mass is 355 g/mol. The number of aromatic nitrogens is 1. The van der Waals surface area contributed by atoms with Gasteiger partial charge in [-0.05, 0) is 38.5 Å². The lowest BCUT2D eigenvalue weighted by Gasteiger charge is -2.16. The maximum Gasteiger partial charge on any atom is 0.146 e. The third-order valence-corrected chi connectivity index (χ3v) is 6.67. The molecule has 126 valence electrons. The summed E-state index contributed by atoms with van der Waals surface area (Å²) in [4.78, 5) is 4.07. The molecule has 2 rings (SSSR count). The van der Waals surface area contributed by atoms with Crippen LogP contribution < -0.4 is 9.46 Å². The Bertz CT molecular complexity index is 762. The number of methoxy groups -OCH3 is 1. The van der Waals surface area contributed by atoms with Crippen LogP contribution in [0, 0.1) is 4.78 Å². The lowest BCUT2D eigenvalue weighted by atomic mass is 10.1. The van der Waals surface area contributed by atoms with Crippen LogP contribution >= 0.6 is 11.3 Å². The summed E-state index contributed by atoms with van der Waals surface area (Å²) in [5.74, 6) is 0.741. The number of thiazole rings is 1. The predicted octanol–water partition coefficient (Wildman–Crippen LogP) is 3.05. The quantitative estimate of drug-likeness (QED) is 0.742.